The Kier molecular flexibility index (Phi) is 7.31. The third kappa shape index (κ3) is 5.06. The standard InChI is InChI=1S/C26H21Cl2FN2O6/c1-35-16-6-7-21(19(27)13-16)37-26(28)14-17(36-2)8-10-25(26,34)23-18(4-3-5-20(23)29)24(33)31-15-9-11-30-22(32)12-15/h3-14,34H,1-2H3,(H2,30,31,32,33). The minimum absolute atomic E-state index is 0.0451. The number of pyridine rings is 1. The van der Waals surface area contributed by atoms with Crippen LogP contribution in [0.25, 0.3) is 0 Å². The van der Waals surface area contributed by atoms with Crippen molar-refractivity contribution in [2.75, 3.05) is 19.5 Å². The van der Waals surface area contributed by atoms with Crippen LogP contribution in [0, 0.1) is 5.82 Å². The predicted molar refractivity (Wildman–Crippen MR) is 137 cm³/mol. The van der Waals surface area contributed by atoms with E-state index in [2.05, 4.69) is 10.3 Å². The zero-order valence-corrected chi connectivity index (χ0v) is 21.1. The first-order valence-electron chi connectivity index (χ1n) is 10.8. The lowest BCUT2D eigenvalue weighted by atomic mass is 9.80. The molecule has 1 aliphatic rings. The zero-order chi connectivity index (χ0) is 26.8. The molecule has 0 bridgehead atoms. The van der Waals surface area contributed by atoms with Gasteiger partial charge in [0.15, 0.2) is 5.60 Å². The van der Waals surface area contributed by atoms with E-state index in [0.717, 1.165) is 12.1 Å². The average molecular weight is 547 g/mol. The number of aromatic nitrogens is 1. The van der Waals surface area contributed by atoms with Crippen LogP contribution in [0.5, 0.6) is 11.5 Å². The molecule has 1 aliphatic carbocycles. The highest BCUT2D eigenvalue weighted by Gasteiger charge is 2.55. The number of carbonyl (C=O) groups is 1. The third-order valence-electron chi connectivity index (χ3n) is 5.64. The van der Waals surface area contributed by atoms with E-state index in [1.807, 2.05) is 0 Å². The Labute approximate surface area is 220 Å². The largest absolute Gasteiger partial charge is 0.497 e. The molecule has 4 rings (SSSR count). The highest BCUT2D eigenvalue weighted by atomic mass is 35.5. The molecule has 1 aromatic heterocycles. The Morgan fingerprint density at radius 2 is 1.92 bits per heavy atom. The molecule has 37 heavy (non-hydrogen) atoms. The van der Waals surface area contributed by atoms with Crippen molar-refractivity contribution in [1.29, 1.82) is 0 Å². The van der Waals surface area contributed by atoms with Gasteiger partial charge in [-0.25, -0.2) is 4.39 Å². The summed E-state index contributed by atoms with van der Waals surface area (Å²) in [5.74, 6) is -1.04. The first-order valence-corrected chi connectivity index (χ1v) is 11.5. The molecule has 2 unspecified atom stereocenters. The van der Waals surface area contributed by atoms with Gasteiger partial charge < -0.3 is 29.6 Å². The molecule has 0 radical (unpaired) electrons. The van der Waals surface area contributed by atoms with Gasteiger partial charge in [0.2, 0.25) is 10.6 Å². The normalized spacial score (nSPS) is 20.6. The number of nitrogens with one attached hydrogen (secondary N) is 2. The Morgan fingerprint density at radius 1 is 1.14 bits per heavy atom. The van der Waals surface area contributed by atoms with E-state index in [1.165, 1.54) is 69.0 Å². The fraction of sp³-hybridized carbons (Fsp3) is 0.154. The lowest BCUT2D eigenvalue weighted by molar-refractivity contribution is -0.0373. The summed E-state index contributed by atoms with van der Waals surface area (Å²) in [5, 5.41) is 12.4. The van der Waals surface area contributed by atoms with Gasteiger partial charge in [0.05, 0.1) is 19.2 Å². The van der Waals surface area contributed by atoms with Gasteiger partial charge in [-0.15, -0.1) is 0 Å². The number of allylic oxidation sites excluding steroid dienone is 1. The Hall–Kier alpha value is -3.79. The summed E-state index contributed by atoms with van der Waals surface area (Å²) in [5.41, 5.74) is -3.45. The van der Waals surface area contributed by atoms with Crippen LogP contribution in [0.1, 0.15) is 15.9 Å². The van der Waals surface area contributed by atoms with E-state index in [1.54, 1.807) is 6.07 Å². The van der Waals surface area contributed by atoms with Gasteiger partial charge in [-0.05, 0) is 42.5 Å². The molecule has 2 atom stereocenters. The summed E-state index contributed by atoms with van der Waals surface area (Å²) < 4.78 is 31.8. The van der Waals surface area contributed by atoms with Gasteiger partial charge in [-0.2, -0.15) is 0 Å². The molecule has 192 valence electrons. The summed E-state index contributed by atoms with van der Waals surface area (Å²) in [7, 11) is 2.84. The summed E-state index contributed by atoms with van der Waals surface area (Å²) in [4.78, 5) is 27.3. The summed E-state index contributed by atoms with van der Waals surface area (Å²) in [6, 6.07) is 10.8. The third-order valence-corrected chi connectivity index (χ3v) is 6.41. The highest BCUT2D eigenvalue weighted by Crippen LogP contribution is 2.48. The van der Waals surface area contributed by atoms with Crippen molar-refractivity contribution in [2.24, 2.45) is 0 Å². The molecule has 8 nitrogen and oxygen atoms in total. The van der Waals surface area contributed by atoms with Crippen LogP contribution in [0.15, 0.2) is 83.5 Å². The van der Waals surface area contributed by atoms with Crippen LogP contribution in [-0.4, -0.2) is 35.3 Å². The van der Waals surface area contributed by atoms with Gasteiger partial charge in [-0.3, -0.25) is 9.59 Å². The molecule has 2 aromatic carbocycles. The number of anilines is 1. The van der Waals surface area contributed by atoms with Crippen LogP contribution in [0.4, 0.5) is 10.1 Å². The number of hydrogen-bond acceptors (Lipinski definition) is 6. The number of methoxy groups -OCH3 is 2. The number of hydrogen-bond donors (Lipinski definition) is 3. The quantitative estimate of drug-likeness (QED) is 0.369. The average Bonchev–Trinajstić information content (AvgIpc) is 2.86. The topological polar surface area (TPSA) is 110 Å². The SMILES string of the molecule is COC1=CC(Cl)(Oc2ccc(OC)cc2Cl)C(O)(c2c(F)cccc2C(=O)Nc2cc[nH]c(=O)c2)C=C1. The molecule has 3 aromatic rings. The maximum absolute atomic E-state index is 15.4. The van der Waals surface area contributed by atoms with Crippen molar-refractivity contribution < 1.29 is 28.5 Å². The lowest BCUT2D eigenvalue weighted by Crippen LogP contribution is -2.52. The summed E-state index contributed by atoms with van der Waals surface area (Å²) in [6.07, 6.45) is 5.11. The van der Waals surface area contributed by atoms with Crippen LogP contribution in [0.2, 0.25) is 5.02 Å². The number of aliphatic hydroxyl groups is 1. The number of benzene rings is 2. The second-order valence-electron chi connectivity index (χ2n) is 7.95. The number of carbonyl (C=O) groups excluding carboxylic acids is 1. The fourth-order valence-corrected chi connectivity index (χ4v) is 4.38. The number of amides is 1. The van der Waals surface area contributed by atoms with Gasteiger partial charge in [-0.1, -0.05) is 29.3 Å². The molecular formula is C26H21Cl2FN2O6. The predicted octanol–water partition coefficient (Wildman–Crippen LogP) is 4.73. The Balaban J connectivity index is 1.83. The lowest BCUT2D eigenvalue weighted by Gasteiger charge is -2.42. The molecular weight excluding hydrogens is 526 g/mol. The first kappa shape index (κ1) is 26.3. The van der Waals surface area contributed by atoms with Gasteiger partial charge in [0.1, 0.15) is 23.1 Å². The van der Waals surface area contributed by atoms with Crippen molar-refractivity contribution in [2.45, 2.75) is 10.7 Å². The minimum atomic E-state index is -2.44. The zero-order valence-electron chi connectivity index (χ0n) is 19.6. The molecule has 0 saturated carbocycles. The van der Waals surface area contributed by atoms with E-state index in [-0.39, 0.29) is 27.8 Å². The van der Waals surface area contributed by atoms with Crippen molar-refractivity contribution in [3.05, 3.63) is 111 Å². The maximum Gasteiger partial charge on any atom is 0.256 e. The van der Waals surface area contributed by atoms with E-state index >= 15 is 4.39 Å². The van der Waals surface area contributed by atoms with Crippen LogP contribution >= 0.6 is 23.2 Å². The first-order chi connectivity index (χ1) is 17.6. The molecule has 11 heteroatoms. The van der Waals surface area contributed by atoms with Crippen molar-refractivity contribution >= 4 is 34.8 Å². The van der Waals surface area contributed by atoms with Crippen LogP contribution in [-0.2, 0) is 10.3 Å². The van der Waals surface area contributed by atoms with E-state index < -0.39 is 33.5 Å². The van der Waals surface area contributed by atoms with Gasteiger partial charge >= 0.3 is 0 Å². The van der Waals surface area contributed by atoms with Gasteiger partial charge in [0, 0.05) is 41.2 Å². The van der Waals surface area contributed by atoms with Crippen molar-refractivity contribution in [1.82, 2.24) is 4.98 Å². The van der Waals surface area contributed by atoms with E-state index in [9.17, 15) is 14.7 Å². The van der Waals surface area contributed by atoms with Crippen molar-refractivity contribution in [3.63, 3.8) is 0 Å². The van der Waals surface area contributed by atoms with Crippen LogP contribution in [0.3, 0.4) is 0 Å². The second kappa shape index (κ2) is 10.3. The molecule has 0 saturated heterocycles. The fourth-order valence-electron chi connectivity index (χ4n) is 3.82. The number of aromatic amines is 1. The highest BCUT2D eigenvalue weighted by molar-refractivity contribution is 6.32. The Bertz CT molecular complexity index is 1470. The number of rotatable bonds is 7. The molecule has 1 heterocycles. The molecule has 0 spiro atoms. The smallest absolute Gasteiger partial charge is 0.256 e. The number of halogens is 3. The number of alkyl halides is 1. The minimum Gasteiger partial charge on any atom is -0.497 e. The van der Waals surface area contributed by atoms with Crippen LogP contribution < -0.4 is 20.3 Å². The number of H-pyrrole nitrogens is 1. The van der Waals surface area contributed by atoms with Gasteiger partial charge in [0.25, 0.3) is 5.91 Å². The summed E-state index contributed by atoms with van der Waals surface area (Å²) in [6.45, 7) is 0. The summed E-state index contributed by atoms with van der Waals surface area (Å²) >= 11 is 13.2. The Morgan fingerprint density at radius 3 is 2.59 bits per heavy atom. The van der Waals surface area contributed by atoms with Crippen molar-refractivity contribution in [3.8, 4) is 11.5 Å². The monoisotopic (exact) mass is 546 g/mol. The molecule has 0 fully saturated rings. The number of ether oxygens (including phenoxy) is 3. The molecule has 1 amide bonds. The van der Waals surface area contributed by atoms with E-state index in [0.29, 0.717) is 5.75 Å². The maximum atomic E-state index is 15.4. The molecule has 0 aliphatic heterocycles. The van der Waals surface area contributed by atoms with E-state index in [4.69, 9.17) is 37.4 Å². The molecule has 3 N–H and O–H groups in total. The second-order valence-corrected chi connectivity index (χ2v) is 8.92.